The first-order chi connectivity index (χ1) is 12.5. The zero-order chi connectivity index (χ0) is 18.8. The number of hydrogen-bond donors (Lipinski definition) is 3. The normalized spacial score (nSPS) is 16.9. The Morgan fingerprint density at radius 1 is 1.31 bits per heavy atom. The van der Waals surface area contributed by atoms with Crippen LogP contribution in [0.2, 0.25) is 5.02 Å². The van der Waals surface area contributed by atoms with Crippen molar-refractivity contribution in [2.24, 2.45) is 0 Å². The van der Waals surface area contributed by atoms with Crippen LogP contribution in [-0.2, 0) is 17.8 Å². The van der Waals surface area contributed by atoms with E-state index in [-0.39, 0.29) is 0 Å². The van der Waals surface area contributed by atoms with Crippen LogP contribution in [0.5, 0.6) is 0 Å². The average molecular weight is 373 g/mol. The van der Waals surface area contributed by atoms with E-state index in [1.165, 1.54) is 18.2 Å². The molecule has 6 heteroatoms. The van der Waals surface area contributed by atoms with Gasteiger partial charge in [-0.2, -0.15) is 0 Å². The van der Waals surface area contributed by atoms with Crippen LogP contribution in [0, 0.1) is 0 Å². The highest BCUT2D eigenvalue weighted by atomic mass is 35.5. The summed E-state index contributed by atoms with van der Waals surface area (Å²) in [5, 5.41) is 22.3. The number of aromatic amines is 1. The Labute approximate surface area is 156 Å². The molecule has 1 aromatic heterocycles. The molecule has 1 aromatic carbocycles. The molecule has 0 radical (unpaired) electrons. The van der Waals surface area contributed by atoms with Gasteiger partial charge in [-0.3, -0.25) is 4.79 Å². The van der Waals surface area contributed by atoms with Gasteiger partial charge in [-0.25, -0.2) is 0 Å². The standard InChI is InChI=1S/C20H21ClN2O3/c1-3-5-12(4-2)18(24)19(25)20(26)23-9-8-14-15-10-13(21)6-7-16(15)22-17(14)11-23/h3-7,10,18-19,22,24-25H,1-2,8-9,11H2/b12-5+. The largest absolute Gasteiger partial charge is 0.385 e. The van der Waals surface area contributed by atoms with Crippen molar-refractivity contribution in [2.75, 3.05) is 6.54 Å². The van der Waals surface area contributed by atoms with Crippen LogP contribution < -0.4 is 0 Å². The van der Waals surface area contributed by atoms with Crippen LogP contribution in [0.1, 0.15) is 11.3 Å². The van der Waals surface area contributed by atoms with Crippen LogP contribution in [0.15, 0.2) is 55.2 Å². The van der Waals surface area contributed by atoms with Gasteiger partial charge >= 0.3 is 0 Å². The van der Waals surface area contributed by atoms with Crippen LogP contribution in [0.25, 0.3) is 10.9 Å². The van der Waals surface area contributed by atoms with Gasteiger partial charge in [-0.1, -0.05) is 43.0 Å². The summed E-state index contributed by atoms with van der Waals surface area (Å²) in [6.45, 7) is 7.95. The zero-order valence-corrected chi connectivity index (χ0v) is 15.0. The number of aliphatic hydroxyl groups is 2. The van der Waals surface area contributed by atoms with E-state index in [2.05, 4.69) is 18.1 Å². The molecular weight excluding hydrogens is 352 g/mol. The molecule has 2 aromatic rings. The quantitative estimate of drug-likeness (QED) is 0.706. The predicted molar refractivity (Wildman–Crippen MR) is 103 cm³/mol. The lowest BCUT2D eigenvalue weighted by Gasteiger charge is -2.30. The lowest BCUT2D eigenvalue weighted by Crippen LogP contribution is -2.47. The molecule has 2 heterocycles. The highest BCUT2D eigenvalue weighted by Crippen LogP contribution is 2.30. The third-order valence-electron chi connectivity index (χ3n) is 4.69. The maximum Gasteiger partial charge on any atom is 0.254 e. The first-order valence-electron chi connectivity index (χ1n) is 8.35. The van der Waals surface area contributed by atoms with Crippen molar-refractivity contribution in [1.29, 1.82) is 0 Å². The van der Waals surface area contributed by atoms with E-state index in [0.717, 1.165) is 22.2 Å². The first kappa shape index (κ1) is 18.5. The van der Waals surface area contributed by atoms with E-state index >= 15 is 0 Å². The summed E-state index contributed by atoms with van der Waals surface area (Å²) in [7, 11) is 0. The topological polar surface area (TPSA) is 76.6 Å². The Morgan fingerprint density at radius 3 is 2.77 bits per heavy atom. The number of fused-ring (bicyclic) bond motifs is 3. The predicted octanol–water partition coefficient (Wildman–Crippen LogP) is 2.73. The van der Waals surface area contributed by atoms with Gasteiger partial charge < -0.3 is 20.1 Å². The van der Waals surface area contributed by atoms with Crippen LogP contribution >= 0.6 is 11.6 Å². The molecule has 3 rings (SSSR count). The molecule has 5 nitrogen and oxygen atoms in total. The van der Waals surface area contributed by atoms with Gasteiger partial charge in [0, 0.05) is 28.2 Å². The summed E-state index contributed by atoms with van der Waals surface area (Å²) in [4.78, 5) is 17.5. The monoisotopic (exact) mass is 372 g/mol. The summed E-state index contributed by atoms with van der Waals surface area (Å²) in [6, 6.07) is 5.65. The number of aliphatic hydroxyl groups excluding tert-OH is 2. The maximum absolute atomic E-state index is 12.6. The van der Waals surface area contributed by atoms with Gasteiger partial charge in [0.25, 0.3) is 5.91 Å². The number of rotatable bonds is 5. The minimum absolute atomic E-state index is 0.346. The Hall–Kier alpha value is -2.34. The van der Waals surface area contributed by atoms with Gasteiger partial charge in [0.2, 0.25) is 0 Å². The SMILES string of the molecule is C=C/C=C(\C=C)C(O)C(O)C(=O)N1CCc2c([nH]c3ccc(Cl)cc23)C1. The highest BCUT2D eigenvalue weighted by molar-refractivity contribution is 6.31. The number of benzene rings is 1. The smallest absolute Gasteiger partial charge is 0.254 e. The molecule has 1 amide bonds. The van der Waals surface area contributed by atoms with Crippen molar-refractivity contribution in [3.63, 3.8) is 0 Å². The number of carbonyl (C=O) groups excluding carboxylic acids is 1. The number of amides is 1. The number of allylic oxidation sites excluding steroid dienone is 2. The summed E-state index contributed by atoms with van der Waals surface area (Å²) in [5.74, 6) is -0.517. The molecule has 1 aliphatic rings. The van der Waals surface area contributed by atoms with E-state index in [1.807, 2.05) is 18.2 Å². The fourth-order valence-corrected chi connectivity index (χ4v) is 3.50. The van der Waals surface area contributed by atoms with Gasteiger partial charge in [0.05, 0.1) is 6.54 Å². The molecule has 0 fully saturated rings. The van der Waals surface area contributed by atoms with Crippen molar-refractivity contribution in [2.45, 2.75) is 25.2 Å². The van der Waals surface area contributed by atoms with Gasteiger partial charge in [-0.15, -0.1) is 0 Å². The molecular formula is C20H21ClN2O3. The molecule has 2 atom stereocenters. The second kappa shape index (κ2) is 7.50. The van der Waals surface area contributed by atoms with Crippen LogP contribution in [0.3, 0.4) is 0 Å². The lowest BCUT2D eigenvalue weighted by molar-refractivity contribution is -0.145. The number of H-pyrrole nitrogens is 1. The molecule has 136 valence electrons. The van der Waals surface area contributed by atoms with Gasteiger partial charge in [0.1, 0.15) is 6.10 Å². The number of halogens is 1. The summed E-state index contributed by atoms with van der Waals surface area (Å²) >= 11 is 6.08. The van der Waals surface area contributed by atoms with E-state index in [0.29, 0.717) is 30.1 Å². The van der Waals surface area contributed by atoms with Crippen molar-refractivity contribution in [3.8, 4) is 0 Å². The van der Waals surface area contributed by atoms with Crippen LogP contribution in [-0.4, -0.2) is 44.8 Å². The molecule has 3 N–H and O–H groups in total. The molecule has 1 aliphatic heterocycles. The van der Waals surface area contributed by atoms with Crippen molar-refractivity contribution in [1.82, 2.24) is 9.88 Å². The third kappa shape index (κ3) is 3.33. The Bertz CT molecular complexity index is 900. The number of carbonyl (C=O) groups is 1. The van der Waals surface area contributed by atoms with Gasteiger partial charge in [-0.05, 0) is 35.8 Å². The van der Waals surface area contributed by atoms with E-state index < -0.39 is 18.1 Å². The molecule has 0 saturated carbocycles. The fourth-order valence-electron chi connectivity index (χ4n) is 3.33. The van der Waals surface area contributed by atoms with Gasteiger partial charge in [0.15, 0.2) is 6.10 Å². The number of aromatic nitrogens is 1. The van der Waals surface area contributed by atoms with E-state index in [4.69, 9.17) is 11.6 Å². The fraction of sp³-hybridized carbons (Fsp3) is 0.250. The number of nitrogens with one attached hydrogen (secondary N) is 1. The van der Waals surface area contributed by atoms with Crippen molar-refractivity contribution in [3.05, 3.63) is 71.4 Å². The summed E-state index contributed by atoms with van der Waals surface area (Å²) in [5.41, 5.74) is 3.38. The minimum atomic E-state index is -1.56. The van der Waals surface area contributed by atoms with E-state index in [1.54, 1.807) is 4.90 Å². The minimum Gasteiger partial charge on any atom is -0.385 e. The second-order valence-electron chi connectivity index (χ2n) is 6.28. The molecule has 0 bridgehead atoms. The Balaban J connectivity index is 1.80. The summed E-state index contributed by atoms with van der Waals surface area (Å²) in [6.07, 6.45) is 2.14. The average Bonchev–Trinajstić information content (AvgIpc) is 3.01. The number of hydrogen-bond acceptors (Lipinski definition) is 3. The van der Waals surface area contributed by atoms with Crippen molar-refractivity contribution >= 4 is 28.4 Å². The lowest BCUT2D eigenvalue weighted by atomic mass is 10.00. The molecule has 0 aliphatic carbocycles. The van der Waals surface area contributed by atoms with E-state index in [9.17, 15) is 15.0 Å². The molecule has 0 saturated heterocycles. The van der Waals surface area contributed by atoms with Crippen LogP contribution in [0.4, 0.5) is 0 Å². The zero-order valence-electron chi connectivity index (χ0n) is 14.3. The van der Waals surface area contributed by atoms with Crippen molar-refractivity contribution < 1.29 is 15.0 Å². The highest BCUT2D eigenvalue weighted by Gasteiger charge is 2.32. The number of nitrogens with zero attached hydrogens (tertiary/aromatic N) is 1. The molecule has 0 spiro atoms. The summed E-state index contributed by atoms with van der Waals surface area (Å²) < 4.78 is 0. The Morgan fingerprint density at radius 2 is 2.08 bits per heavy atom. The maximum atomic E-state index is 12.6. The first-order valence-corrected chi connectivity index (χ1v) is 8.73. The third-order valence-corrected chi connectivity index (χ3v) is 4.92. The Kier molecular flexibility index (Phi) is 5.32. The molecule has 2 unspecified atom stereocenters. The molecule has 26 heavy (non-hydrogen) atoms. The second-order valence-corrected chi connectivity index (χ2v) is 6.71.